The van der Waals surface area contributed by atoms with Crippen molar-refractivity contribution in [1.82, 2.24) is 4.90 Å². The van der Waals surface area contributed by atoms with Crippen LogP contribution < -0.4 is 10.6 Å². The fourth-order valence-corrected chi connectivity index (χ4v) is 7.04. The van der Waals surface area contributed by atoms with E-state index in [4.69, 9.17) is 5.73 Å². The third-order valence-corrected chi connectivity index (χ3v) is 9.59. The van der Waals surface area contributed by atoms with E-state index < -0.39 is 46.2 Å². The van der Waals surface area contributed by atoms with Gasteiger partial charge in [-0.2, -0.15) is 31.6 Å². The van der Waals surface area contributed by atoms with Crippen LogP contribution in [0.2, 0.25) is 0 Å². The summed E-state index contributed by atoms with van der Waals surface area (Å²) >= 11 is 1.25. The summed E-state index contributed by atoms with van der Waals surface area (Å²) in [6.07, 6.45) is -8.43. The van der Waals surface area contributed by atoms with Crippen molar-refractivity contribution in [2.24, 2.45) is 11.7 Å². The summed E-state index contributed by atoms with van der Waals surface area (Å²) in [5.41, 5.74) is 1.75. The normalized spacial score (nSPS) is 15.3. The predicted octanol–water partition coefficient (Wildman–Crippen LogP) is 7.88. The first-order valence-corrected chi connectivity index (χ1v) is 15.0. The minimum Gasteiger partial charge on any atom is -0.330 e. The molecule has 0 unspecified atom stereocenters. The van der Waals surface area contributed by atoms with Crippen LogP contribution in [0.25, 0.3) is 10.4 Å². The van der Waals surface area contributed by atoms with Crippen LogP contribution in [0, 0.1) is 30.0 Å². The third-order valence-electron chi connectivity index (χ3n) is 8.39. The van der Waals surface area contributed by atoms with Gasteiger partial charge in [0, 0.05) is 18.5 Å². The Morgan fingerprint density at radius 1 is 1.02 bits per heavy atom. The monoisotopic (exact) mass is 654 g/mol. The smallest absolute Gasteiger partial charge is 0.330 e. The maximum absolute atomic E-state index is 14.1. The molecule has 2 aromatic carbocycles. The zero-order valence-electron chi connectivity index (χ0n) is 25.2. The Morgan fingerprint density at radius 2 is 1.58 bits per heavy atom. The molecule has 0 saturated carbocycles. The molecule has 0 aliphatic carbocycles. The Labute approximate surface area is 261 Å². The maximum atomic E-state index is 14.1. The molecule has 0 spiro atoms. The lowest BCUT2D eigenvalue weighted by Gasteiger charge is -2.32. The Morgan fingerprint density at radius 3 is 2.07 bits per heavy atom. The zero-order chi connectivity index (χ0) is 33.5. The number of carbonyl (C=O) groups is 1. The average Bonchev–Trinajstić information content (AvgIpc) is 3.33. The first kappa shape index (κ1) is 34.4. The van der Waals surface area contributed by atoms with E-state index >= 15 is 0 Å². The number of alkyl halides is 6. The second-order valence-corrected chi connectivity index (χ2v) is 13.0. The summed E-state index contributed by atoms with van der Waals surface area (Å²) in [7, 11) is 1.34. The Balaban J connectivity index is 1.84. The largest absolute Gasteiger partial charge is 0.416 e. The van der Waals surface area contributed by atoms with Crippen molar-refractivity contribution in [1.29, 1.82) is 5.26 Å². The third kappa shape index (κ3) is 7.18. The molecule has 242 valence electrons. The number of aryl methyl sites for hydroxylation is 1. The summed E-state index contributed by atoms with van der Waals surface area (Å²) < 4.78 is 96.0. The lowest BCUT2D eigenvalue weighted by molar-refractivity contribution is -0.143. The highest BCUT2D eigenvalue weighted by atomic mass is 32.1. The predicted molar refractivity (Wildman–Crippen MR) is 159 cm³/mol. The van der Waals surface area contributed by atoms with Crippen LogP contribution in [-0.4, -0.2) is 37.5 Å². The fraction of sp³-hybridized carbons (Fsp3) is 0.438. The molecule has 2 N–H and O–H groups in total. The first-order valence-electron chi connectivity index (χ1n) is 14.2. The topological polar surface area (TPSA) is 73.4 Å². The number of anilines is 1. The number of amides is 1. The van der Waals surface area contributed by atoms with Gasteiger partial charge in [-0.3, -0.25) is 9.69 Å². The number of nitrogens with zero attached hydrogens (tertiary/aromatic N) is 3. The van der Waals surface area contributed by atoms with Crippen molar-refractivity contribution < 1.29 is 35.5 Å². The lowest BCUT2D eigenvalue weighted by Crippen LogP contribution is -2.42. The van der Waals surface area contributed by atoms with Crippen LogP contribution in [0.15, 0.2) is 36.4 Å². The van der Waals surface area contributed by atoms with Gasteiger partial charge in [0.2, 0.25) is 5.91 Å². The Bertz CT molecular complexity index is 1580. The molecule has 0 radical (unpaired) electrons. The van der Waals surface area contributed by atoms with E-state index in [0.29, 0.717) is 52.0 Å². The Hall–Kier alpha value is -3.47. The number of thiophene rings is 1. The van der Waals surface area contributed by atoms with Crippen molar-refractivity contribution >= 4 is 22.9 Å². The molecule has 1 aromatic heterocycles. The van der Waals surface area contributed by atoms with Crippen molar-refractivity contribution in [2.45, 2.75) is 57.9 Å². The maximum Gasteiger partial charge on any atom is 0.416 e. The number of hydrogen-bond acceptors (Lipinski definition) is 5. The average molecular weight is 655 g/mol. The molecular weight excluding hydrogens is 621 g/mol. The molecule has 5 nitrogen and oxygen atoms in total. The zero-order valence-corrected chi connectivity index (χ0v) is 26.0. The van der Waals surface area contributed by atoms with Crippen molar-refractivity contribution in [3.05, 3.63) is 74.9 Å². The van der Waals surface area contributed by atoms with Crippen LogP contribution in [-0.2, 0) is 29.1 Å². The van der Waals surface area contributed by atoms with Crippen LogP contribution in [0.3, 0.4) is 0 Å². The van der Waals surface area contributed by atoms with Gasteiger partial charge >= 0.3 is 12.4 Å². The molecule has 1 amide bonds. The highest BCUT2D eigenvalue weighted by Gasteiger charge is 2.42. The highest BCUT2D eigenvalue weighted by molar-refractivity contribution is 7.16. The summed E-state index contributed by atoms with van der Waals surface area (Å²) in [6, 6.07) is 7.33. The summed E-state index contributed by atoms with van der Waals surface area (Å²) in [6.45, 7) is 6.59. The van der Waals surface area contributed by atoms with E-state index in [2.05, 4.69) is 11.0 Å². The fourth-order valence-electron chi connectivity index (χ4n) is 5.62. The number of likely N-dealkylation sites (N-methyl/N-ethyl adjacent to an activating group) is 1. The number of nitriles is 1. The van der Waals surface area contributed by atoms with Crippen molar-refractivity contribution in [3.8, 4) is 16.5 Å². The molecule has 13 heteroatoms. The van der Waals surface area contributed by atoms with E-state index in [-0.39, 0.29) is 17.3 Å². The van der Waals surface area contributed by atoms with Crippen LogP contribution in [0.1, 0.15) is 59.4 Å². The molecule has 1 saturated heterocycles. The molecule has 1 fully saturated rings. The molecule has 0 bridgehead atoms. The number of halogens is 7. The van der Waals surface area contributed by atoms with Gasteiger partial charge in [0.25, 0.3) is 0 Å². The van der Waals surface area contributed by atoms with Gasteiger partial charge in [0.05, 0.1) is 32.7 Å². The van der Waals surface area contributed by atoms with E-state index in [0.717, 1.165) is 30.8 Å². The van der Waals surface area contributed by atoms with E-state index in [1.54, 1.807) is 6.92 Å². The Kier molecular flexibility index (Phi) is 9.73. The standard InChI is InChI=1S/C32H33F7N4OS/c1-18-11-23(33)5-6-24(18)28-27(25(16-41)26(45-28)17-43-9-7-19(15-40)8-10-43)42(4)29(44)30(2,3)20-12-21(31(34,35)36)14-22(13-20)32(37,38)39/h5-6,11-14,19H,7-10,15,17,40H2,1-4H3. The van der Waals surface area contributed by atoms with Crippen molar-refractivity contribution in [2.75, 3.05) is 31.6 Å². The van der Waals surface area contributed by atoms with Crippen molar-refractivity contribution in [3.63, 3.8) is 0 Å². The summed E-state index contributed by atoms with van der Waals surface area (Å²) in [4.78, 5) is 18.5. The van der Waals surface area contributed by atoms with Crippen LogP contribution in [0.5, 0.6) is 0 Å². The number of benzene rings is 2. The number of carbonyl (C=O) groups excluding carboxylic acids is 1. The van der Waals surface area contributed by atoms with Gasteiger partial charge in [-0.1, -0.05) is 6.07 Å². The molecule has 3 aromatic rings. The number of nitrogens with two attached hydrogens (primary N) is 1. The molecule has 0 atom stereocenters. The van der Waals surface area contributed by atoms with Gasteiger partial charge in [-0.05, 0) is 106 Å². The van der Waals surface area contributed by atoms with Gasteiger partial charge in [-0.25, -0.2) is 4.39 Å². The minimum atomic E-state index is -5.09. The van der Waals surface area contributed by atoms with Gasteiger partial charge < -0.3 is 10.6 Å². The molecule has 1 aliphatic rings. The summed E-state index contributed by atoms with van der Waals surface area (Å²) in [5, 5.41) is 10.4. The second kappa shape index (κ2) is 12.7. The molecule has 4 rings (SSSR count). The highest BCUT2D eigenvalue weighted by Crippen LogP contribution is 2.46. The molecular formula is C32H33F7N4OS. The number of piperidine rings is 1. The molecule has 2 heterocycles. The van der Waals surface area contributed by atoms with Gasteiger partial charge in [-0.15, -0.1) is 11.3 Å². The van der Waals surface area contributed by atoms with E-state index in [1.807, 2.05) is 0 Å². The quantitative estimate of drug-likeness (QED) is 0.263. The van der Waals surface area contributed by atoms with E-state index in [1.165, 1.54) is 50.4 Å². The van der Waals surface area contributed by atoms with Gasteiger partial charge in [0.15, 0.2) is 0 Å². The van der Waals surface area contributed by atoms with E-state index in [9.17, 15) is 40.8 Å². The van der Waals surface area contributed by atoms with Gasteiger partial charge in [0.1, 0.15) is 11.9 Å². The first-order chi connectivity index (χ1) is 20.9. The SMILES string of the molecule is Cc1cc(F)ccc1-c1sc(CN2CCC(CN)CC2)c(C#N)c1N(C)C(=O)C(C)(C)c1cc(C(F)(F)F)cc(C(F)(F)F)c1. The molecule has 45 heavy (non-hydrogen) atoms. The van der Waals surface area contributed by atoms with Crippen LogP contribution >= 0.6 is 11.3 Å². The lowest BCUT2D eigenvalue weighted by atomic mass is 9.81. The van der Waals surface area contributed by atoms with Crippen LogP contribution in [0.4, 0.5) is 36.4 Å². The summed E-state index contributed by atoms with van der Waals surface area (Å²) in [5.74, 6) is -0.929. The molecule has 1 aliphatic heterocycles. The number of hydrogen-bond donors (Lipinski definition) is 1. The minimum absolute atomic E-state index is 0.0124. The number of likely N-dealkylation sites (tertiary alicyclic amines) is 1. The number of rotatable bonds is 7. The second-order valence-electron chi connectivity index (χ2n) is 11.9.